The van der Waals surface area contributed by atoms with Gasteiger partial charge in [-0.2, -0.15) is 0 Å². The van der Waals surface area contributed by atoms with Gasteiger partial charge in [0.15, 0.2) is 17.5 Å². The lowest BCUT2D eigenvalue weighted by molar-refractivity contribution is 1.07. The maximum absolute atomic E-state index is 5.27. The van der Waals surface area contributed by atoms with Crippen LogP contribution in [0.4, 0.5) is 0 Å². The fraction of sp³-hybridized carbons (Fsp3) is 0. The van der Waals surface area contributed by atoms with Crippen molar-refractivity contribution in [1.29, 1.82) is 0 Å². The number of benzene rings is 9. The zero-order valence-corrected chi connectivity index (χ0v) is 34.3. The Kier molecular flexibility index (Phi) is 8.65. The lowest BCUT2D eigenvalue weighted by Crippen LogP contribution is -2.01. The van der Waals surface area contributed by atoms with E-state index in [0.717, 1.165) is 44.5 Å². The maximum atomic E-state index is 5.27. The molecule has 0 atom stereocenters. The van der Waals surface area contributed by atoms with Crippen LogP contribution in [0, 0.1) is 0 Å². The predicted octanol–water partition coefficient (Wildman–Crippen LogP) is 15.3. The highest BCUT2D eigenvalue weighted by atomic mass is 32.1. The molecule has 290 valence electrons. The smallest absolute Gasteiger partial charge is 0.165 e. The predicted molar refractivity (Wildman–Crippen MR) is 260 cm³/mol. The SMILES string of the molecule is c1ccc(-c2cccc(-c3cccc(-c4ccc(-c5nc(-c6cccc(-n7c8ccccc8c8ccccc87)c6)nc(-c6cccc7c6sc6ccccc67)n5)cc4)c3)c2)cc1. The van der Waals surface area contributed by atoms with E-state index in [-0.39, 0.29) is 0 Å². The molecule has 0 bridgehead atoms. The van der Waals surface area contributed by atoms with E-state index in [1.807, 2.05) is 0 Å². The Morgan fingerprint density at radius 1 is 0.306 bits per heavy atom. The van der Waals surface area contributed by atoms with Gasteiger partial charge in [0, 0.05) is 53.3 Å². The second-order valence-corrected chi connectivity index (χ2v) is 16.7. The lowest BCUT2D eigenvalue weighted by Gasteiger charge is -2.12. The molecule has 0 aliphatic rings. The third-order valence-corrected chi connectivity index (χ3v) is 13.1. The van der Waals surface area contributed by atoms with Crippen LogP contribution >= 0.6 is 11.3 Å². The molecule has 62 heavy (non-hydrogen) atoms. The van der Waals surface area contributed by atoms with Crippen molar-refractivity contribution in [2.75, 3.05) is 0 Å². The first kappa shape index (κ1) is 35.9. The molecule has 0 radical (unpaired) electrons. The summed E-state index contributed by atoms with van der Waals surface area (Å²) in [7, 11) is 0. The summed E-state index contributed by atoms with van der Waals surface area (Å²) in [5.41, 5.74) is 13.3. The summed E-state index contributed by atoms with van der Waals surface area (Å²) < 4.78 is 4.75. The fourth-order valence-electron chi connectivity index (χ4n) is 8.86. The van der Waals surface area contributed by atoms with Crippen LogP contribution in [0.3, 0.4) is 0 Å². The molecular formula is C57H36N4S. The molecule has 0 aliphatic heterocycles. The Morgan fingerprint density at radius 2 is 0.774 bits per heavy atom. The third kappa shape index (κ3) is 6.26. The van der Waals surface area contributed by atoms with Crippen molar-refractivity contribution in [2.45, 2.75) is 0 Å². The molecule has 4 nitrogen and oxygen atoms in total. The molecule has 0 spiro atoms. The minimum Gasteiger partial charge on any atom is -0.309 e. The molecule has 0 unspecified atom stereocenters. The number of hydrogen-bond acceptors (Lipinski definition) is 4. The van der Waals surface area contributed by atoms with Crippen LogP contribution < -0.4 is 0 Å². The molecule has 0 N–H and O–H groups in total. The van der Waals surface area contributed by atoms with E-state index in [9.17, 15) is 0 Å². The summed E-state index contributed by atoms with van der Waals surface area (Å²) in [6.45, 7) is 0. The summed E-state index contributed by atoms with van der Waals surface area (Å²) in [6.07, 6.45) is 0. The van der Waals surface area contributed by atoms with Crippen LogP contribution in [-0.4, -0.2) is 19.5 Å². The highest BCUT2D eigenvalue weighted by Gasteiger charge is 2.18. The van der Waals surface area contributed by atoms with Crippen molar-refractivity contribution in [3.8, 4) is 73.2 Å². The second kappa shape index (κ2) is 14.9. The Hall–Kier alpha value is -7.99. The number of fused-ring (bicyclic) bond motifs is 6. The molecule has 0 fully saturated rings. The lowest BCUT2D eigenvalue weighted by atomic mass is 9.96. The van der Waals surface area contributed by atoms with Gasteiger partial charge >= 0.3 is 0 Å². The topological polar surface area (TPSA) is 43.6 Å². The molecule has 12 rings (SSSR count). The number of para-hydroxylation sites is 2. The quantitative estimate of drug-likeness (QED) is 0.161. The molecule has 3 heterocycles. The summed E-state index contributed by atoms with van der Waals surface area (Å²) in [4.78, 5) is 15.7. The summed E-state index contributed by atoms with van der Waals surface area (Å²) in [6, 6.07) is 77.5. The Labute approximate surface area is 362 Å². The Bertz CT molecular complexity index is 3590. The van der Waals surface area contributed by atoms with E-state index < -0.39 is 0 Å². The largest absolute Gasteiger partial charge is 0.309 e. The van der Waals surface area contributed by atoms with Crippen molar-refractivity contribution in [2.24, 2.45) is 0 Å². The minimum atomic E-state index is 0.625. The van der Waals surface area contributed by atoms with Crippen LogP contribution in [0.15, 0.2) is 218 Å². The summed E-state index contributed by atoms with van der Waals surface area (Å²) in [5, 5.41) is 4.90. The number of nitrogens with zero attached hydrogens (tertiary/aromatic N) is 4. The number of thiophene rings is 1. The summed E-state index contributed by atoms with van der Waals surface area (Å²) in [5.74, 6) is 1.91. The molecule has 12 aromatic rings. The van der Waals surface area contributed by atoms with Crippen molar-refractivity contribution < 1.29 is 0 Å². The average Bonchev–Trinajstić information content (AvgIpc) is 3.90. The Balaban J connectivity index is 0.968. The van der Waals surface area contributed by atoms with E-state index in [1.165, 1.54) is 53.2 Å². The van der Waals surface area contributed by atoms with Crippen LogP contribution in [0.2, 0.25) is 0 Å². The zero-order chi connectivity index (χ0) is 41.0. The average molecular weight is 809 g/mol. The van der Waals surface area contributed by atoms with E-state index in [2.05, 4.69) is 223 Å². The monoisotopic (exact) mass is 808 g/mol. The van der Waals surface area contributed by atoms with Gasteiger partial charge in [0.05, 0.1) is 11.0 Å². The van der Waals surface area contributed by atoms with Gasteiger partial charge in [0.1, 0.15) is 0 Å². The van der Waals surface area contributed by atoms with Crippen LogP contribution in [-0.2, 0) is 0 Å². The van der Waals surface area contributed by atoms with Crippen molar-refractivity contribution in [3.63, 3.8) is 0 Å². The highest BCUT2D eigenvalue weighted by Crippen LogP contribution is 2.40. The van der Waals surface area contributed by atoms with Crippen molar-refractivity contribution in [3.05, 3.63) is 218 Å². The van der Waals surface area contributed by atoms with E-state index in [4.69, 9.17) is 15.0 Å². The van der Waals surface area contributed by atoms with Crippen LogP contribution in [0.5, 0.6) is 0 Å². The van der Waals surface area contributed by atoms with E-state index in [0.29, 0.717) is 17.5 Å². The van der Waals surface area contributed by atoms with Gasteiger partial charge in [-0.15, -0.1) is 11.3 Å². The number of hydrogen-bond donors (Lipinski definition) is 0. The van der Waals surface area contributed by atoms with Gasteiger partial charge in [-0.1, -0.05) is 170 Å². The standard InChI is InChI=1S/C57H36N4S/c1-2-14-37(15-3-1)40-16-10-18-42(34-40)43-19-11-17-41(35-43)38-30-32-39(33-31-38)55-58-56(60-57(59-55)50-26-13-25-49-48-24-6-9-29-53(48)62-54(49)50)44-20-12-21-45(36-44)61-51-27-7-4-22-46(51)47-23-5-8-28-52(47)61/h1-36H. The van der Waals surface area contributed by atoms with Gasteiger partial charge in [0.2, 0.25) is 0 Å². The maximum Gasteiger partial charge on any atom is 0.165 e. The molecule has 0 saturated heterocycles. The zero-order valence-electron chi connectivity index (χ0n) is 33.5. The normalized spacial score (nSPS) is 11.5. The summed E-state index contributed by atoms with van der Waals surface area (Å²) >= 11 is 1.78. The van der Waals surface area contributed by atoms with Crippen molar-refractivity contribution >= 4 is 53.3 Å². The first-order valence-corrected chi connectivity index (χ1v) is 21.7. The molecule has 9 aromatic carbocycles. The first-order valence-electron chi connectivity index (χ1n) is 20.8. The molecule has 5 heteroatoms. The van der Waals surface area contributed by atoms with Gasteiger partial charge < -0.3 is 4.57 Å². The molecular weight excluding hydrogens is 773 g/mol. The number of rotatable bonds is 7. The molecule has 0 aliphatic carbocycles. The Morgan fingerprint density at radius 3 is 1.47 bits per heavy atom. The first-order chi connectivity index (χ1) is 30.7. The van der Waals surface area contributed by atoms with Gasteiger partial charge in [-0.05, 0) is 81.9 Å². The minimum absolute atomic E-state index is 0.625. The highest BCUT2D eigenvalue weighted by molar-refractivity contribution is 7.26. The fourth-order valence-corrected chi connectivity index (χ4v) is 10.1. The van der Waals surface area contributed by atoms with Gasteiger partial charge in [-0.25, -0.2) is 15.0 Å². The van der Waals surface area contributed by atoms with Crippen LogP contribution in [0.25, 0.3) is 115 Å². The second-order valence-electron chi connectivity index (χ2n) is 15.6. The van der Waals surface area contributed by atoms with Crippen LogP contribution in [0.1, 0.15) is 0 Å². The van der Waals surface area contributed by atoms with Crippen molar-refractivity contribution in [1.82, 2.24) is 19.5 Å². The molecule has 0 amide bonds. The number of aromatic nitrogens is 4. The molecule has 0 saturated carbocycles. The van der Waals surface area contributed by atoms with E-state index in [1.54, 1.807) is 11.3 Å². The third-order valence-electron chi connectivity index (χ3n) is 11.9. The van der Waals surface area contributed by atoms with Gasteiger partial charge in [-0.3, -0.25) is 0 Å². The molecule has 3 aromatic heterocycles. The van der Waals surface area contributed by atoms with Gasteiger partial charge in [0.25, 0.3) is 0 Å². The van der Waals surface area contributed by atoms with E-state index >= 15 is 0 Å².